The van der Waals surface area contributed by atoms with Crippen molar-refractivity contribution in [2.24, 2.45) is 5.73 Å². The highest BCUT2D eigenvalue weighted by Crippen LogP contribution is 2.39. The molecule has 0 bridgehead atoms. The Kier molecular flexibility index (Phi) is 4.89. The molecule has 0 amide bonds. The molecular weight excluding hydrogens is 294 g/mol. The predicted molar refractivity (Wildman–Crippen MR) is 76.3 cm³/mol. The molecule has 1 aliphatic carbocycles. The van der Waals surface area contributed by atoms with Gasteiger partial charge in [0, 0.05) is 4.47 Å². The molecule has 1 saturated carbocycles. The van der Waals surface area contributed by atoms with Gasteiger partial charge in [0.1, 0.15) is 0 Å². The zero-order valence-electron chi connectivity index (χ0n) is 10.7. The average molecular weight is 314 g/mol. The Morgan fingerprint density at radius 1 is 1.33 bits per heavy atom. The minimum Gasteiger partial charge on any atom is -0.493 e. The Morgan fingerprint density at radius 2 is 2.11 bits per heavy atom. The normalized spacial score (nSPS) is 14.6. The van der Waals surface area contributed by atoms with Crippen molar-refractivity contribution in [3.63, 3.8) is 0 Å². The minimum absolute atomic E-state index is 0.383. The van der Waals surface area contributed by atoms with Crippen LogP contribution in [-0.2, 0) is 6.42 Å². The summed E-state index contributed by atoms with van der Waals surface area (Å²) in [6.45, 7) is 0.740. The summed E-state index contributed by atoms with van der Waals surface area (Å²) < 4.78 is 12.4. The van der Waals surface area contributed by atoms with Gasteiger partial charge in [0.25, 0.3) is 0 Å². The molecule has 18 heavy (non-hydrogen) atoms. The molecule has 1 aromatic rings. The Morgan fingerprint density at radius 3 is 2.72 bits per heavy atom. The minimum atomic E-state index is 0.383. The molecule has 3 nitrogen and oxygen atoms in total. The van der Waals surface area contributed by atoms with Crippen LogP contribution in [0.3, 0.4) is 0 Å². The molecule has 0 aliphatic heterocycles. The Balaban J connectivity index is 2.18. The average Bonchev–Trinajstić information content (AvgIpc) is 3.16. The molecule has 0 aromatic heterocycles. The van der Waals surface area contributed by atoms with Gasteiger partial charge in [-0.2, -0.15) is 0 Å². The fourth-order valence-corrected chi connectivity index (χ4v) is 2.39. The van der Waals surface area contributed by atoms with E-state index in [-0.39, 0.29) is 0 Å². The first-order valence-electron chi connectivity index (χ1n) is 6.47. The number of unbranched alkanes of at least 4 members (excludes halogenated alkanes) is 1. The second-order valence-corrected chi connectivity index (χ2v) is 5.57. The van der Waals surface area contributed by atoms with E-state index in [0.29, 0.717) is 6.10 Å². The quantitative estimate of drug-likeness (QED) is 0.786. The number of methoxy groups -OCH3 is 1. The van der Waals surface area contributed by atoms with Crippen molar-refractivity contribution < 1.29 is 9.47 Å². The predicted octanol–water partition coefficient (Wildman–Crippen LogP) is 3.28. The van der Waals surface area contributed by atoms with Crippen molar-refractivity contribution in [3.05, 3.63) is 22.2 Å². The molecule has 2 N–H and O–H groups in total. The molecule has 1 aliphatic rings. The fraction of sp³-hybridized carbons (Fsp3) is 0.571. The summed E-state index contributed by atoms with van der Waals surface area (Å²) in [4.78, 5) is 0. The van der Waals surface area contributed by atoms with E-state index in [4.69, 9.17) is 15.2 Å². The highest BCUT2D eigenvalue weighted by Gasteiger charge is 2.26. The Hall–Kier alpha value is -0.740. The second-order valence-electron chi connectivity index (χ2n) is 4.66. The second kappa shape index (κ2) is 6.43. The van der Waals surface area contributed by atoms with Crippen LogP contribution in [0.2, 0.25) is 0 Å². The summed E-state index contributed by atoms with van der Waals surface area (Å²) in [5.74, 6) is 1.74. The van der Waals surface area contributed by atoms with E-state index in [1.807, 2.05) is 6.07 Å². The van der Waals surface area contributed by atoms with Gasteiger partial charge in [-0.1, -0.05) is 15.9 Å². The van der Waals surface area contributed by atoms with Crippen molar-refractivity contribution in [1.29, 1.82) is 0 Å². The summed E-state index contributed by atoms with van der Waals surface area (Å²) in [7, 11) is 1.69. The molecule has 0 saturated heterocycles. The first kappa shape index (κ1) is 13.7. The van der Waals surface area contributed by atoms with Crippen LogP contribution in [0.4, 0.5) is 0 Å². The van der Waals surface area contributed by atoms with E-state index in [9.17, 15) is 0 Å². The van der Waals surface area contributed by atoms with Crippen molar-refractivity contribution in [2.45, 2.75) is 38.2 Å². The summed E-state index contributed by atoms with van der Waals surface area (Å²) in [5.41, 5.74) is 6.75. The molecule has 4 heteroatoms. The number of hydrogen-bond donors (Lipinski definition) is 1. The number of ether oxygens (including phenoxy) is 2. The Bertz CT molecular complexity index is 405. The summed E-state index contributed by atoms with van der Waals surface area (Å²) in [6.07, 6.45) is 5.79. The first-order valence-corrected chi connectivity index (χ1v) is 7.27. The van der Waals surface area contributed by atoms with Gasteiger partial charge in [0.2, 0.25) is 0 Å². The van der Waals surface area contributed by atoms with E-state index >= 15 is 0 Å². The zero-order valence-corrected chi connectivity index (χ0v) is 12.3. The van der Waals surface area contributed by atoms with Crippen LogP contribution < -0.4 is 15.2 Å². The van der Waals surface area contributed by atoms with Gasteiger partial charge >= 0.3 is 0 Å². The molecule has 2 rings (SSSR count). The largest absolute Gasteiger partial charge is 0.493 e. The summed E-state index contributed by atoms with van der Waals surface area (Å²) in [5, 5.41) is 0. The lowest BCUT2D eigenvalue weighted by Crippen LogP contribution is -2.04. The Labute approximate surface area is 117 Å². The van der Waals surface area contributed by atoms with Crippen molar-refractivity contribution in [2.75, 3.05) is 13.7 Å². The van der Waals surface area contributed by atoms with Crippen molar-refractivity contribution >= 4 is 15.9 Å². The molecule has 0 heterocycles. The highest BCUT2D eigenvalue weighted by molar-refractivity contribution is 9.10. The smallest absolute Gasteiger partial charge is 0.164 e. The lowest BCUT2D eigenvalue weighted by Gasteiger charge is -2.15. The highest BCUT2D eigenvalue weighted by atomic mass is 79.9. The maximum atomic E-state index is 5.99. The number of nitrogens with two attached hydrogens (primary N) is 1. The third-order valence-corrected chi connectivity index (χ3v) is 3.48. The van der Waals surface area contributed by atoms with Crippen LogP contribution >= 0.6 is 15.9 Å². The lowest BCUT2D eigenvalue weighted by atomic mass is 10.1. The number of hydrogen-bond acceptors (Lipinski definition) is 3. The van der Waals surface area contributed by atoms with Crippen molar-refractivity contribution in [1.82, 2.24) is 0 Å². The van der Waals surface area contributed by atoms with Crippen LogP contribution in [-0.4, -0.2) is 19.8 Å². The number of benzene rings is 1. The fourth-order valence-electron chi connectivity index (χ4n) is 1.91. The van der Waals surface area contributed by atoms with Crippen LogP contribution in [0.1, 0.15) is 31.2 Å². The number of halogens is 1. The third-order valence-electron chi connectivity index (χ3n) is 3.03. The molecule has 0 radical (unpaired) electrons. The molecular formula is C14H20BrNO2. The van der Waals surface area contributed by atoms with Gasteiger partial charge in [0.05, 0.1) is 13.2 Å². The van der Waals surface area contributed by atoms with Gasteiger partial charge < -0.3 is 15.2 Å². The van der Waals surface area contributed by atoms with Crippen molar-refractivity contribution in [3.8, 4) is 11.5 Å². The van der Waals surface area contributed by atoms with Gasteiger partial charge in [-0.15, -0.1) is 0 Å². The van der Waals surface area contributed by atoms with Crippen LogP contribution in [0.25, 0.3) is 0 Å². The zero-order chi connectivity index (χ0) is 13.0. The van der Waals surface area contributed by atoms with E-state index in [0.717, 1.165) is 54.6 Å². The van der Waals surface area contributed by atoms with Crippen LogP contribution in [0, 0.1) is 0 Å². The molecule has 0 spiro atoms. The number of rotatable bonds is 7. The lowest BCUT2D eigenvalue weighted by molar-refractivity contribution is 0.278. The molecule has 100 valence electrons. The van der Waals surface area contributed by atoms with Gasteiger partial charge in [0.15, 0.2) is 11.5 Å². The van der Waals surface area contributed by atoms with E-state index in [1.165, 1.54) is 5.56 Å². The van der Waals surface area contributed by atoms with Gasteiger partial charge in [-0.05, 0) is 56.3 Å². The van der Waals surface area contributed by atoms with E-state index in [1.54, 1.807) is 7.11 Å². The molecule has 0 atom stereocenters. The van der Waals surface area contributed by atoms with Gasteiger partial charge in [-0.3, -0.25) is 0 Å². The summed E-state index contributed by atoms with van der Waals surface area (Å²) in [6, 6.07) is 4.08. The summed E-state index contributed by atoms with van der Waals surface area (Å²) >= 11 is 3.52. The van der Waals surface area contributed by atoms with E-state index in [2.05, 4.69) is 22.0 Å². The third kappa shape index (κ3) is 3.62. The van der Waals surface area contributed by atoms with Gasteiger partial charge in [-0.25, -0.2) is 0 Å². The van der Waals surface area contributed by atoms with E-state index < -0.39 is 0 Å². The maximum Gasteiger partial charge on any atom is 0.164 e. The molecule has 0 unspecified atom stereocenters. The van der Waals surface area contributed by atoms with Crippen LogP contribution in [0.5, 0.6) is 11.5 Å². The number of aryl methyl sites for hydroxylation is 1. The monoisotopic (exact) mass is 313 g/mol. The standard InChI is InChI=1S/C14H20BrNO2/c1-17-13-9-11(15)8-10(4-2-3-7-16)14(13)18-12-5-6-12/h8-9,12H,2-7,16H2,1H3. The topological polar surface area (TPSA) is 44.5 Å². The SMILES string of the molecule is COc1cc(Br)cc(CCCCN)c1OC1CC1. The maximum absolute atomic E-state index is 5.99. The molecule has 1 fully saturated rings. The first-order chi connectivity index (χ1) is 8.74. The van der Waals surface area contributed by atoms with Crippen LogP contribution in [0.15, 0.2) is 16.6 Å². The molecule has 1 aromatic carbocycles.